The molecule has 0 aliphatic carbocycles. The molecule has 1 unspecified atom stereocenters. The van der Waals surface area contributed by atoms with Crippen LogP contribution in [0.25, 0.3) is 0 Å². The molecule has 1 aliphatic rings. The maximum atomic E-state index is 13.2. The molecule has 0 fully saturated rings. The highest BCUT2D eigenvalue weighted by Gasteiger charge is 2.29. The standard InChI is InChI=1S/C24H27N3O3S2.CH4/c1-17-12-13-23-24(18(17)2)27(21-10-6-7-11-22(21)32(23)28)15-14-25-16-19-8-4-5-9-20(19)26-29-30-31-3;/h4-13,25-26H,14-16H2,1-3H3;1H4. The van der Waals surface area contributed by atoms with Crippen LogP contribution in [0, 0.1) is 13.8 Å². The minimum Gasteiger partial charge on any atom is -0.338 e. The van der Waals surface area contributed by atoms with Gasteiger partial charge in [-0.1, -0.05) is 43.8 Å². The molecule has 0 saturated carbocycles. The summed E-state index contributed by atoms with van der Waals surface area (Å²) in [4.78, 5) is 9.01. The topological polar surface area (TPSA) is 62.8 Å². The molecule has 0 saturated heterocycles. The number of anilines is 3. The van der Waals surface area contributed by atoms with E-state index in [1.54, 1.807) is 6.26 Å². The van der Waals surface area contributed by atoms with Gasteiger partial charge in [-0.2, -0.15) is 0 Å². The maximum absolute atomic E-state index is 13.2. The van der Waals surface area contributed by atoms with Crippen LogP contribution in [-0.2, 0) is 26.7 Å². The predicted molar refractivity (Wildman–Crippen MR) is 138 cm³/mol. The number of hydrogen-bond donors (Lipinski definition) is 2. The predicted octanol–water partition coefficient (Wildman–Crippen LogP) is 5.90. The van der Waals surface area contributed by atoms with Crippen molar-refractivity contribution in [1.82, 2.24) is 5.32 Å². The van der Waals surface area contributed by atoms with Gasteiger partial charge in [0.25, 0.3) is 0 Å². The van der Waals surface area contributed by atoms with Gasteiger partial charge in [-0.3, -0.25) is 0 Å². The average Bonchev–Trinajstić information content (AvgIpc) is 2.82. The summed E-state index contributed by atoms with van der Waals surface area (Å²) in [6.07, 6.45) is 1.78. The zero-order chi connectivity index (χ0) is 22.5. The van der Waals surface area contributed by atoms with Gasteiger partial charge in [0.05, 0.1) is 37.7 Å². The third-order valence-corrected chi connectivity index (χ3v) is 7.27. The summed E-state index contributed by atoms with van der Waals surface area (Å²) >= 11 is 1.13. The van der Waals surface area contributed by atoms with E-state index < -0.39 is 10.8 Å². The monoisotopic (exact) mass is 485 g/mol. The Morgan fingerprint density at radius 1 is 1.00 bits per heavy atom. The second kappa shape index (κ2) is 11.7. The van der Waals surface area contributed by atoms with Gasteiger partial charge in [-0.15, -0.1) is 9.32 Å². The first-order valence-electron chi connectivity index (χ1n) is 10.4. The molecule has 6 nitrogen and oxygen atoms in total. The van der Waals surface area contributed by atoms with Crippen LogP contribution in [-0.4, -0.2) is 23.6 Å². The molecule has 0 radical (unpaired) electrons. The fourth-order valence-electron chi connectivity index (χ4n) is 3.85. The lowest BCUT2D eigenvalue weighted by Crippen LogP contribution is -2.32. The second-order valence-electron chi connectivity index (χ2n) is 7.50. The molecule has 3 aromatic rings. The molecule has 0 bridgehead atoms. The van der Waals surface area contributed by atoms with Gasteiger partial charge in [0, 0.05) is 37.9 Å². The molecule has 176 valence electrons. The van der Waals surface area contributed by atoms with E-state index in [-0.39, 0.29) is 7.43 Å². The van der Waals surface area contributed by atoms with Crippen LogP contribution < -0.4 is 15.7 Å². The minimum absolute atomic E-state index is 0. The minimum atomic E-state index is -1.17. The molecule has 0 spiro atoms. The van der Waals surface area contributed by atoms with Crippen LogP contribution in [0.5, 0.6) is 0 Å². The Morgan fingerprint density at radius 2 is 1.76 bits per heavy atom. The molecule has 2 N–H and O–H groups in total. The van der Waals surface area contributed by atoms with Gasteiger partial charge in [0.1, 0.15) is 0 Å². The van der Waals surface area contributed by atoms with Gasteiger partial charge >= 0.3 is 0 Å². The van der Waals surface area contributed by atoms with E-state index in [0.29, 0.717) is 6.54 Å². The maximum Gasteiger partial charge on any atom is 0.0892 e. The Bertz CT molecular complexity index is 1120. The lowest BCUT2D eigenvalue weighted by atomic mass is 10.1. The summed E-state index contributed by atoms with van der Waals surface area (Å²) in [7, 11) is -1.17. The molecule has 0 aromatic heterocycles. The van der Waals surface area contributed by atoms with Gasteiger partial charge in [-0.05, 0) is 54.8 Å². The lowest BCUT2D eigenvalue weighted by molar-refractivity contribution is -0.160. The fourth-order valence-corrected chi connectivity index (χ4v) is 5.39. The molecule has 3 aromatic carbocycles. The van der Waals surface area contributed by atoms with Gasteiger partial charge in [0.15, 0.2) is 0 Å². The van der Waals surface area contributed by atoms with Crippen LogP contribution in [0.2, 0.25) is 0 Å². The number of fused-ring (bicyclic) bond motifs is 2. The summed E-state index contributed by atoms with van der Waals surface area (Å²) in [5, 5.41) is 3.53. The number of rotatable bonds is 9. The largest absolute Gasteiger partial charge is 0.338 e. The summed E-state index contributed by atoms with van der Waals surface area (Å²) in [6, 6.07) is 20.0. The summed E-state index contributed by atoms with van der Waals surface area (Å²) in [5.74, 6) is 0. The van der Waals surface area contributed by atoms with Crippen molar-refractivity contribution in [2.24, 2.45) is 0 Å². The third-order valence-electron chi connectivity index (χ3n) is 5.59. The van der Waals surface area contributed by atoms with Crippen LogP contribution in [0.4, 0.5) is 17.1 Å². The van der Waals surface area contributed by atoms with Crippen molar-refractivity contribution in [3.05, 3.63) is 77.4 Å². The molecule has 0 amide bonds. The first-order valence-corrected chi connectivity index (χ1v) is 12.7. The lowest BCUT2D eigenvalue weighted by Gasteiger charge is -2.34. The SMILES string of the molecule is C.CSOONc1ccccc1CNCCN1c2ccccc2S(=O)c2ccc(C)c(C)c21. The van der Waals surface area contributed by atoms with Crippen LogP contribution in [0.15, 0.2) is 70.5 Å². The smallest absolute Gasteiger partial charge is 0.0892 e. The number of nitrogens with one attached hydrogen (secondary N) is 2. The summed E-state index contributed by atoms with van der Waals surface area (Å²) < 4.78 is 18.1. The van der Waals surface area contributed by atoms with Crippen LogP contribution in [0.1, 0.15) is 24.1 Å². The molecule has 1 atom stereocenters. The van der Waals surface area contributed by atoms with Crippen molar-refractivity contribution < 1.29 is 13.5 Å². The van der Waals surface area contributed by atoms with E-state index in [0.717, 1.165) is 57.5 Å². The van der Waals surface area contributed by atoms with Crippen LogP contribution in [0.3, 0.4) is 0 Å². The normalized spacial score (nSPS) is 14.3. The van der Waals surface area contributed by atoms with Crippen molar-refractivity contribution in [3.63, 3.8) is 0 Å². The van der Waals surface area contributed by atoms with Crippen molar-refractivity contribution in [2.75, 3.05) is 29.7 Å². The number of aryl methyl sites for hydroxylation is 1. The average molecular weight is 486 g/mol. The zero-order valence-corrected chi connectivity index (χ0v) is 20.0. The Labute approximate surface area is 203 Å². The summed E-state index contributed by atoms with van der Waals surface area (Å²) in [5.41, 5.74) is 9.19. The van der Waals surface area contributed by atoms with E-state index in [4.69, 9.17) is 9.32 Å². The Hall–Kier alpha value is -2.36. The molecular formula is C25H31N3O3S2. The molecule has 33 heavy (non-hydrogen) atoms. The quantitative estimate of drug-likeness (QED) is 0.169. The van der Waals surface area contributed by atoms with Gasteiger partial charge < -0.3 is 10.2 Å². The highest BCUT2D eigenvalue weighted by molar-refractivity contribution is 7.93. The Morgan fingerprint density at radius 3 is 2.58 bits per heavy atom. The van der Waals surface area contributed by atoms with Gasteiger partial charge in [0.2, 0.25) is 0 Å². The first kappa shape index (κ1) is 25.3. The molecular weight excluding hydrogens is 454 g/mol. The molecule has 8 heteroatoms. The number of para-hydroxylation sites is 2. The Balaban J connectivity index is 0.00000306. The van der Waals surface area contributed by atoms with Crippen LogP contribution >= 0.6 is 12.0 Å². The van der Waals surface area contributed by atoms with Crippen molar-refractivity contribution in [2.45, 2.75) is 37.6 Å². The molecule has 4 rings (SSSR count). The highest BCUT2D eigenvalue weighted by atomic mass is 32.2. The van der Waals surface area contributed by atoms with Crippen molar-refractivity contribution in [1.29, 1.82) is 0 Å². The van der Waals surface area contributed by atoms with Crippen molar-refractivity contribution in [3.8, 4) is 0 Å². The van der Waals surface area contributed by atoms with E-state index in [1.807, 2.05) is 48.5 Å². The molecule has 1 heterocycles. The number of hydrogen-bond acceptors (Lipinski definition) is 7. The van der Waals surface area contributed by atoms with E-state index >= 15 is 0 Å². The Kier molecular flexibility index (Phi) is 8.94. The number of benzene rings is 3. The second-order valence-corrected chi connectivity index (χ2v) is 9.38. The van der Waals surface area contributed by atoms with E-state index in [2.05, 4.69) is 41.7 Å². The molecule has 1 aliphatic heterocycles. The first-order chi connectivity index (χ1) is 15.6. The zero-order valence-electron chi connectivity index (χ0n) is 18.4. The third kappa shape index (κ3) is 5.42. The van der Waals surface area contributed by atoms with Gasteiger partial charge in [-0.25, -0.2) is 9.69 Å². The van der Waals surface area contributed by atoms with Crippen molar-refractivity contribution >= 4 is 39.9 Å². The van der Waals surface area contributed by atoms with E-state index in [9.17, 15) is 4.21 Å². The fraction of sp³-hybridized carbons (Fsp3) is 0.280. The highest BCUT2D eigenvalue weighted by Crippen LogP contribution is 2.44. The summed E-state index contributed by atoms with van der Waals surface area (Å²) in [6.45, 7) is 6.39. The number of nitrogens with zero attached hydrogens (tertiary/aromatic N) is 1. The van der Waals surface area contributed by atoms with E-state index in [1.165, 1.54) is 11.1 Å².